The number of hydrogen-bond donors (Lipinski definition) is 0. The second-order valence-corrected chi connectivity index (χ2v) is 6.26. The number of allylic oxidation sites excluding steroid dienone is 2. The van der Waals surface area contributed by atoms with Crippen LogP contribution < -0.4 is 0 Å². The predicted molar refractivity (Wildman–Crippen MR) is 68.2 cm³/mol. The fraction of sp³-hybridized carbons (Fsp3) is 0.714. The van der Waals surface area contributed by atoms with Crippen LogP contribution in [-0.4, -0.2) is 35.5 Å². The van der Waals surface area contributed by atoms with E-state index in [1.54, 1.807) is 11.0 Å². The van der Waals surface area contributed by atoms with Crippen molar-refractivity contribution in [3.8, 4) is 0 Å². The van der Waals surface area contributed by atoms with Crippen molar-refractivity contribution in [2.24, 2.45) is 5.41 Å². The SMILES string of the molecule is CC(C)(C)OC(=O)N1CCCC2(CC=CC2=O)C1. The van der Waals surface area contributed by atoms with Gasteiger partial charge in [-0.25, -0.2) is 4.79 Å². The molecule has 1 aliphatic carbocycles. The van der Waals surface area contributed by atoms with Crippen LogP contribution in [0.3, 0.4) is 0 Å². The molecule has 2 aliphatic rings. The van der Waals surface area contributed by atoms with Gasteiger partial charge in [0.1, 0.15) is 5.60 Å². The number of amides is 1. The van der Waals surface area contributed by atoms with Crippen LogP contribution in [0.5, 0.6) is 0 Å². The van der Waals surface area contributed by atoms with Gasteiger partial charge in [-0.15, -0.1) is 0 Å². The lowest BCUT2D eigenvalue weighted by Gasteiger charge is -2.39. The highest BCUT2D eigenvalue weighted by Crippen LogP contribution is 2.39. The first-order chi connectivity index (χ1) is 8.32. The maximum atomic E-state index is 12.0. The summed E-state index contributed by atoms with van der Waals surface area (Å²) in [5.74, 6) is 0.163. The zero-order valence-electron chi connectivity index (χ0n) is 11.4. The van der Waals surface area contributed by atoms with Gasteiger partial charge in [0.2, 0.25) is 0 Å². The van der Waals surface area contributed by atoms with Gasteiger partial charge in [-0.05, 0) is 46.1 Å². The number of hydrogen-bond acceptors (Lipinski definition) is 3. The average molecular weight is 251 g/mol. The fourth-order valence-electron chi connectivity index (χ4n) is 2.65. The van der Waals surface area contributed by atoms with Gasteiger partial charge in [0.15, 0.2) is 5.78 Å². The average Bonchev–Trinajstić information content (AvgIpc) is 2.58. The predicted octanol–water partition coefficient (Wildman–Crippen LogP) is 2.53. The summed E-state index contributed by atoms with van der Waals surface area (Å²) in [6, 6.07) is 0. The molecule has 1 atom stereocenters. The summed E-state index contributed by atoms with van der Waals surface area (Å²) < 4.78 is 5.37. The third-order valence-corrected chi connectivity index (χ3v) is 3.53. The van der Waals surface area contributed by atoms with Crippen molar-refractivity contribution < 1.29 is 14.3 Å². The molecule has 1 heterocycles. The number of ketones is 1. The van der Waals surface area contributed by atoms with Gasteiger partial charge in [-0.3, -0.25) is 4.79 Å². The minimum absolute atomic E-state index is 0.163. The molecule has 2 rings (SSSR count). The van der Waals surface area contributed by atoms with Crippen molar-refractivity contribution in [2.75, 3.05) is 13.1 Å². The quantitative estimate of drug-likeness (QED) is 0.664. The van der Waals surface area contributed by atoms with E-state index in [-0.39, 0.29) is 17.3 Å². The molecule has 4 heteroatoms. The fourth-order valence-corrected chi connectivity index (χ4v) is 2.65. The third kappa shape index (κ3) is 2.57. The van der Waals surface area contributed by atoms with Crippen molar-refractivity contribution in [3.05, 3.63) is 12.2 Å². The van der Waals surface area contributed by atoms with Gasteiger partial charge in [-0.1, -0.05) is 6.08 Å². The number of ether oxygens (including phenoxy) is 1. The Hall–Kier alpha value is -1.32. The molecular weight excluding hydrogens is 230 g/mol. The Kier molecular flexibility index (Phi) is 3.21. The summed E-state index contributed by atoms with van der Waals surface area (Å²) in [5.41, 5.74) is -0.852. The Bertz CT molecular complexity index is 394. The number of carbonyl (C=O) groups excluding carboxylic acids is 2. The molecule has 1 aliphatic heterocycles. The second kappa shape index (κ2) is 4.41. The van der Waals surface area contributed by atoms with E-state index in [9.17, 15) is 9.59 Å². The summed E-state index contributed by atoms with van der Waals surface area (Å²) in [6.45, 7) is 6.74. The Balaban J connectivity index is 2.03. The molecule has 0 aromatic carbocycles. The van der Waals surface area contributed by atoms with Gasteiger partial charge in [-0.2, -0.15) is 0 Å². The largest absolute Gasteiger partial charge is 0.444 e. The number of rotatable bonds is 0. The van der Waals surface area contributed by atoms with Crippen LogP contribution in [0.2, 0.25) is 0 Å². The van der Waals surface area contributed by atoms with E-state index in [0.29, 0.717) is 13.1 Å². The van der Waals surface area contributed by atoms with E-state index in [1.807, 2.05) is 26.8 Å². The topological polar surface area (TPSA) is 46.6 Å². The molecule has 1 unspecified atom stereocenters. The minimum atomic E-state index is -0.486. The molecule has 1 saturated heterocycles. The molecular formula is C14H21NO3. The monoisotopic (exact) mass is 251 g/mol. The molecule has 1 fully saturated rings. The first-order valence-corrected chi connectivity index (χ1v) is 6.51. The number of nitrogens with zero attached hydrogens (tertiary/aromatic N) is 1. The lowest BCUT2D eigenvalue weighted by Crippen LogP contribution is -2.49. The van der Waals surface area contributed by atoms with Gasteiger partial charge in [0.25, 0.3) is 0 Å². The number of piperidine rings is 1. The molecule has 0 saturated carbocycles. The molecule has 4 nitrogen and oxygen atoms in total. The van der Waals surface area contributed by atoms with Crippen LogP contribution in [0.25, 0.3) is 0 Å². The summed E-state index contributed by atoms with van der Waals surface area (Å²) in [4.78, 5) is 25.7. The summed E-state index contributed by atoms with van der Waals surface area (Å²) in [5, 5.41) is 0. The molecule has 0 radical (unpaired) electrons. The zero-order valence-corrected chi connectivity index (χ0v) is 11.4. The Morgan fingerprint density at radius 1 is 1.44 bits per heavy atom. The van der Waals surface area contributed by atoms with Crippen LogP contribution in [-0.2, 0) is 9.53 Å². The van der Waals surface area contributed by atoms with Crippen LogP contribution >= 0.6 is 0 Å². The second-order valence-electron chi connectivity index (χ2n) is 6.26. The highest BCUT2D eigenvalue weighted by molar-refractivity contribution is 5.97. The summed E-state index contributed by atoms with van der Waals surface area (Å²) in [6.07, 6.45) is 5.76. The highest BCUT2D eigenvalue weighted by Gasteiger charge is 2.44. The van der Waals surface area contributed by atoms with E-state index in [0.717, 1.165) is 19.3 Å². The Morgan fingerprint density at radius 3 is 2.72 bits per heavy atom. The molecule has 0 aromatic rings. The van der Waals surface area contributed by atoms with Crippen molar-refractivity contribution >= 4 is 11.9 Å². The Morgan fingerprint density at radius 2 is 2.17 bits per heavy atom. The number of likely N-dealkylation sites (tertiary alicyclic amines) is 1. The molecule has 0 N–H and O–H groups in total. The lowest BCUT2D eigenvalue weighted by atomic mass is 9.77. The minimum Gasteiger partial charge on any atom is -0.444 e. The van der Waals surface area contributed by atoms with Crippen LogP contribution in [0.4, 0.5) is 4.79 Å². The Labute approximate surface area is 108 Å². The third-order valence-electron chi connectivity index (χ3n) is 3.53. The maximum absolute atomic E-state index is 12.0. The van der Waals surface area contributed by atoms with Crippen LogP contribution in [0.15, 0.2) is 12.2 Å². The normalized spacial score (nSPS) is 27.9. The van der Waals surface area contributed by atoms with Gasteiger partial charge in [0, 0.05) is 13.1 Å². The first kappa shape index (κ1) is 13.1. The standard InChI is InChI=1S/C14H21NO3/c1-13(2,3)18-12(17)15-9-5-8-14(10-15)7-4-6-11(14)16/h4,6H,5,7-10H2,1-3H3. The molecule has 1 amide bonds. The molecule has 1 spiro atoms. The zero-order chi connectivity index (χ0) is 13.4. The highest BCUT2D eigenvalue weighted by atomic mass is 16.6. The van der Waals surface area contributed by atoms with E-state index in [4.69, 9.17) is 4.74 Å². The van der Waals surface area contributed by atoms with Crippen molar-refractivity contribution in [2.45, 2.75) is 45.6 Å². The van der Waals surface area contributed by atoms with Crippen LogP contribution in [0.1, 0.15) is 40.0 Å². The van der Waals surface area contributed by atoms with Gasteiger partial charge < -0.3 is 9.64 Å². The molecule has 100 valence electrons. The van der Waals surface area contributed by atoms with E-state index < -0.39 is 5.60 Å². The summed E-state index contributed by atoms with van der Waals surface area (Å²) in [7, 11) is 0. The van der Waals surface area contributed by atoms with Gasteiger partial charge >= 0.3 is 6.09 Å². The van der Waals surface area contributed by atoms with Crippen molar-refractivity contribution in [1.29, 1.82) is 0 Å². The first-order valence-electron chi connectivity index (χ1n) is 6.51. The van der Waals surface area contributed by atoms with E-state index >= 15 is 0 Å². The van der Waals surface area contributed by atoms with Crippen molar-refractivity contribution in [1.82, 2.24) is 4.90 Å². The molecule has 0 bridgehead atoms. The lowest BCUT2D eigenvalue weighted by molar-refractivity contribution is -0.125. The van der Waals surface area contributed by atoms with Crippen molar-refractivity contribution in [3.63, 3.8) is 0 Å². The van der Waals surface area contributed by atoms with Crippen LogP contribution in [0, 0.1) is 5.41 Å². The van der Waals surface area contributed by atoms with E-state index in [2.05, 4.69) is 0 Å². The smallest absolute Gasteiger partial charge is 0.410 e. The van der Waals surface area contributed by atoms with E-state index in [1.165, 1.54) is 0 Å². The summed E-state index contributed by atoms with van der Waals surface area (Å²) >= 11 is 0. The van der Waals surface area contributed by atoms with Gasteiger partial charge in [0.05, 0.1) is 5.41 Å². The molecule has 0 aromatic heterocycles. The maximum Gasteiger partial charge on any atom is 0.410 e. The molecule has 18 heavy (non-hydrogen) atoms. The number of carbonyl (C=O) groups is 2.